The van der Waals surface area contributed by atoms with Gasteiger partial charge < -0.3 is 14.8 Å². The van der Waals surface area contributed by atoms with Crippen LogP contribution in [0.5, 0.6) is 0 Å². The van der Waals surface area contributed by atoms with Gasteiger partial charge in [0.05, 0.1) is 19.8 Å². The molecule has 0 aromatic rings. The summed E-state index contributed by atoms with van der Waals surface area (Å²) in [5.74, 6) is 1.18. The average Bonchev–Trinajstić information content (AvgIpc) is 2.15. The Morgan fingerprint density at radius 1 is 1.07 bits per heavy atom. The van der Waals surface area contributed by atoms with E-state index < -0.39 is 0 Å². The van der Waals surface area contributed by atoms with Gasteiger partial charge in [0.2, 0.25) is 0 Å². The lowest BCUT2D eigenvalue weighted by Gasteiger charge is -2.07. The van der Waals surface area contributed by atoms with E-state index in [1.165, 1.54) is 0 Å². The molecule has 0 spiro atoms. The van der Waals surface area contributed by atoms with Gasteiger partial charge in [-0.25, -0.2) is 0 Å². The largest absolute Gasteiger partial charge is 0.380 e. The molecular formula is C10H22ClNO2. The molecule has 0 unspecified atom stereocenters. The van der Waals surface area contributed by atoms with Crippen molar-refractivity contribution in [1.29, 1.82) is 0 Å². The highest BCUT2D eigenvalue weighted by Crippen LogP contribution is 1.90. The molecule has 3 nitrogen and oxygen atoms in total. The molecule has 0 saturated heterocycles. The van der Waals surface area contributed by atoms with Crippen molar-refractivity contribution in [2.24, 2.45) is 5.92 Å². The minimum absolute atomic E-state index is 0.567. The third kappa shape index (κ3) is 12.2. The molecule has 86 valence electrons. The van der Waals surface area contributed by atoms with Crippen molar-refractivity contribution in [3.05, 3.63) is 0 Å². The zero-order valence-electron chi connectivity index (χ0n) is 9.22. The Hall–Kier alpha value is 0.170. The smallest absolute Gasteiger partial charge is 0.0602 e. The minimum atomic E-state index is 0.567. The van der Waals surface area contributed by atoms with Crippen LogP contribution in [0.4, 0.5) is 0 Å². The number of halogens is 1. The van der Waals surface area contributed by atoms with Gasteiger partial charge in [0, 0.05) is 25.6 Å². The zero-order chi connectivity index (χ0) is 10.6. The first-order valence-electron chi connectivity index (χ1n) is 5.19. The Morgan fingerprint density at radius 2 is 1.71 bits per heavy atom. The molecule has 0 aliphatic rings. The third-order valence-electron chi connectivity index (χ3n) is 1.52. The molecule has 0 fully saturated rings. The van der Waals surface area contributed by atoms with Crippen LogP contribution < -0.4 is 5.32 Å². The van der Waals surface area contributed by atoms with Crippen LogP contribution in [-0.4, -0.2) is 45.4 Å². The Bertz CT molecular complexity index is 112. The Morgan fingerprint density at radius 3 is 2.29 bits per heavy atom. The quantitative estimate of drug-likeness (QED) is 0.450. The highest BCUT2D eigenvalue weighted by molar-refractivity contribution is 6.17. The van der Waals surface area contributed by atoms with Crippen molar-refractivity contribution >= 4 is 11.6 Å². The van der Waals surface area contributed by atoms with Crippen LogP contribution in [0.15, 0.2) is 0 Å². The van der Waals surface area contributed by atoms with Crippen LogP contribution in [0, 0.1) is 5.92 Å². The van der Waals surface area contributed by atoms with Gasteiger partial charge in [0.25, 0.3) is 0 Å². The number of ether oxygens (including phenoxy) is 2. The SMILES string of the molecule is CC(C)COCCNCCOCCCl. The lowest BCUT2D eigenvalue weighted by atomic mass is 10.2. The van der Waals surface area contributed by atoms with Crippen LogP contribution in [0.1, 0.15) is 13.8 Å². The first-order valence-corrected chi connectivity index (χ1v) is 5.73. The molecule has 0 heterocycles. The summed E-state index contributed by atoms with van der Waals surface area (Å²) in [6.45, 7) is 9.00. The van der Waals surface area contributed by atoms with Crippen molar-refractivity contribution in [2.45, 2.75) is 13.8 Å². The molecule has 0 aromatic heterocycles. The molecule has 4 heteroatoms. The molecule has 1 N–H and O–H groups in total. The van der Waals surface area contributed by atoms with Gasteiger partial charge in [-0.15, -0.1) is 11.6 Å². The lowest BCUT2D eigenvalue weighted by Crippen LogP contribution is -2.24. The van der Waals surface area contributed by atoms with Crippen LogP contribution in [-0.2, 0) is 9.47 Å². The zero-order valence-corrected chi connectivity index (χ0v) is 9.98. The Kier molecular flexibility index (Phi) is 11.4. The summed E-state index contributed by atoms with van der Waals surface area (Å²) in [4.78, 5) is 0. The number of rotatable bonds is 10. The maximum atomic E-state index is 5.45. The number of nitrogens with one attached hydrogen (secondary N) is 1. The van der Waals surface area contributed by atoms with Gasteiger partial charge in [0.15, 0.2) is 0 Å². The second-order valence-electron chi connectivity index (χ2n) is 3.52. The molecule has 14 heavy (non-hydrogen) atoms. The summed E-state index contributed by atoms with van der Waals surface area (Å²) in [5.41, 5.74) is 0. The standard InChI is InChI=1S/C10H22ClNO2/c1-10(2)9-14-8-5-12-4-7-13-6-3-11/h10,12H,3-9H2,1-2H3. The predicted molar refractivity (Wildman–Crippen MR) is 60.1 cm³/mol. The third-order valence-corrected chi connectivity index (χ3v) is 1.67. The average molecular weight is 224 g/mol. The fourth-order valence-electron chi connectivity index (χ4n) is 0.889. The lowest BCUT2D eigenvalue weighted by molar-refractivity contribution is 0.107. The van der Waals surface area contributed by atoms with Crippen LogP contribution in [0.3, 0.4) is 0 Å². The van der Waals surface area contributed by atoms with E-state index in [0.29, 0.717) is 18.4 Å². The van der Waals surface area contributed by atoms with Crippen molar-refractivity contribution in [3.63, 3.8) is 0 Å². The summed E-state index contributed by atoms with van der Waals surface area (Å²) in [6, 6.07) is 0. The molecule has 0 amide bonds. The normalized spacial score (nSPS) is 11.1. The van der Waals surface area contributed by atoms with Gasteiger partial charge in [-0.05, 0) is 5.92 Å². The van der Waals surface area contributed by atoms with E-state index in [2.05, 4.69) is 19.2 Å². The molecule has 0 atom stereocenters. The minimum Gasteiger partial charge on any atom is -0.380 e. The highest BCUT2D eigenvalue weighted by atomic mass is 35.5. The monoisotopic (exact) mass is 223 g/mol. The second-order valence-corrected chi connectivity index (χ2v) is 3.90. The van der Waals surface area contributed by atoms with Crippen molar-refractivity contribution in [3.8, 4) is 0 Å². The first kappa shape index (κ1) is 14.2. The highest BCUT2D eigenvalue weighted by Gasteiger charge is 1.93. The maximum absolute atomic E-state index is 5.45. The van der Waals surface area contributed by atoms with E-state index in [0.717, 1.165) is 32.9 Å². The first-order chi connectivity index (χ1) is 6.77. The molecule has 0 rings (SSSR count). The maximum Gasteiger partial charge on any atom is 0.0602 e. The van der Waals surface area contributed by atoms with E-state index in [1.807, 2.05) is 0 Å². The van der Waals surface area contributed by atoms with E-state index in [4.69, 9.17) is 21.1 Å². The van der Waals surface area contributed by atoms with Crippen LogP contribution >= 0.6 is 11.6 Å². The van der Waals surface area contributed by atoms with Crippen LogP contribution in [0.25, 0.3) is 0 Å². The summed E-state index contributed by atoms with van der Waals surface area (Å²) in [7, 11) is 0. The van der Waals surface area contributed by atoms with Crippen molar-refractivity contribution < 1.29 is 9.47 Å². The molecule has 0 aliphatic carbocycles. The predicted octanol–water partition coefficient (Wildman–Crippen LogP) is 1.50. The van der Waals surface area contributed by atoms with E-state index in [1.54, 1.807) is 0 Å². The molecule has 0 aromatic carbocycles. The summed E-state index contributed by atoms with van der Waals surface area (Å²) in [5, 5.41) is 3.22. The number of alkyl halides is 1. The summed E-state index contributed by atoms with van der Waals surface area (Å²) < 4.78 is 10.6. The fraction of sp³-hybridized carbons (Fsp3) is 1.00. The van der Waals surface area contributed by atoms with Gasteiger partial charge >= 0.3 is 0 Å². The summed E-state index contributed by atoms with van der Waals surface area (Å²) >= 11 is 5.45. The van der Waals surface area contributed by atoms with Gasteiger partial charge in [0.1, 0.15) is 0 Å². The molecule has 0 saturated carbocycles. The Labute approximate surface area is 92.1 Å². The van der Waals surface area contributed by atoms with Crippen LogP contribution in [0.2, 0.25) is 0 Å². The second kappa shape index (κ2) is 11.2. The van der Waals surface area contributed by atoms with Gasteiger partial charge in [-0.1, -0.05) is 13.8 Å². The number of hydrogen-bond acceptors (Lipinski definition) is 3. The van der Waals surface area contributed by atoms with E-state index >= 15 is 0 Å². The fourth-order valence-corrected chi connectivity index (χ4v) is 0.998. The van der Waals surface area contributed by atoms with Crippen molar-refractivity contribution in [2.75, 3.05) is 45.4 Å². The van der Waals surface area contributed by atoms with E-state index in [-0.39, 0.29) is 0 Å². The van der Waals surface area contributed by atoms with Crippen molar-refractivity contribution in [1.82, 2.24) is 5.32 Å². The van der Waals surface area contributed by atoms with E-state index in [9.17, 15) is 0 Å². The summed E-state index contributed by atoms with van der Waals surface area (Å²) in [6.07, 6.45) is 0. The topological polar surface area (TPSA) is 30.5 Å². The number of hydrogen-bond donors (Lipinski definition) is 1. The molecule has 0 bridgehead atoms. The van der Waals surface area contributed by atoms with Gasteiger partial charge in [-0.3, -0.25) is 0 Å². The Balaban J connectivity index is 2.85. The van der Waals surface area contributed by atoms with Gasteiger partial charge in [-0.2, -0.15) is 0 Å². The molecule has 0 aliphatic heterocycles. The molecule has 0 radical (unpaired) electrons. The molecular weight excluding hydrogens is 202 g/mol.